The van der Waals surface area contributed by atoms with Crippen LogP contribution in [0, 0.1) is 26.7 Å². The van der Waals surface area contributed by atoms with Crippen molar-refractivity contribution in [3.05, 3.63) is 98.1 Å². The quantitative estimate of drug-likeness (QED) is 0.196. The third-order valence-electron chi connectivity index (χ3n) is 10.5. The van der Waals surface area contributed by atoms with Gasteiger partial charge in [0, 0.05) is 65.5 Å². The second-order valence-corrected chi connectivity index (χ2v) is 14.6. The highest BCUT2D eigenvalue weighted by atomic mass is 32.1. The molecule has 1 aromatic carbocycles. The number of aryl methyl sites for hydroxylation is 2. The number of benzene rings is 1. The number of amides is 1. The van der Waals surface area contributed by atoms with Crippen LogP contribution in [0.15, 0.2) is 54.9 Å². The third kappa shape index (κ3) is 6.07. The molecule has 8 heteroatoms. The van der Waals surface area contributed by atoms with Gasteiger partial charge < -0.3 is 9.64 Å². The molecule has 0 bridgehead atoms. The van der Waals surface area contributed by atoms with E-state index >= 15 is 0 Å². The summed E-state index contributed by atoms with van der Waals surface area (Å²) in [7, 11) is 0. The molecule has 1 atom stereocenters. The van der Waals surface area contributed by atoms with E-state index in [1.165, 1.54) is 41.0 Å². The number of fused-ring (bicyclic) bond motifs is 1. The Morgan fingerprint density at radius 2 is 1.80 bits per heavy atom. The number of nitrogens with zero attached hydrogens (tertiary/aromatic N) is 5. The predicted molar refractivity (Wildman–Crippen MR) is 179 cm³/mol. The van der Waals surface area contributed by atoms with Crippen molar-refractivity contribution in [3.8, 4) is 5.88 Å². The molecule has 3 aromatic heterocycles. The first-order chi connectivity index (χ1) is 21.9. The van der Waals surface area contributed by atoms with Gasteiger partial charge in [0.05, 0.1) is 18.2 Å². The summed E-state index contributed by atoms with van der Waals surface area (Å²) < 4.78 is 8.38. The van der Waals surface area contributed by atoms with E-state index in [1.807, 2.05) is 53.6 Å². The molecule has 0 radical (unpaired) electrons. The van der Waals surface area contributed by atoms with Gasteiger partial charge >= 0.3 is 0 Å². The molecule has 2 aliphatic heterocycles. The third-order valence-corrected chi connectivity index (χ3v) is 12.1. The summed E-state index contributed by atoms with van der Waals surface area (Å²) in [6.45, 7) is 12.7. The molecule has 236 valence electrons. The molecule has 4 aromatic rings. The Labute approximate surface area is 271 Å². The van der Waals surface area contributed by atoms with Crippen LogP contribution in [0.5, 0.6) is 5.88 Å². The van der Waals surface area contributed by atoms with E-state index in [9.17, 15) is 4.79 Å². The first-order valence-electron chi connectivity index (χ1n) is 16.6. The second kappa shape index (κ2) is 12.7. The number of carbonyl (C=O) groups is 1. The molecular formula is C37H45N5O2S. The van der Waals surface area contributed by atoms with Crippen LogP contribution >= 0.6 is 11.3 Å². The van der Waals surface area contributed by atoms with E-state index in [0.29, 0.717) is 43.0 Å². The molecule has 5 heterocycles. The lowest BCUT2D eigenvalue weighted by molar-refractivity contribution is 0.0270. The number of hydrogen-bond acceptors (Lipinski definition) is 6. The van der Waals surface area contributed by atoms with Gasteiger partial charge in [-0.05, 0) is 87.1 Å². The molecule has 2 fully saturated rings. The van der Waals surface area contributed by atoms with Crippen molar-refractivity contribution in [3.63, 3.8) is 0 Å². The van der Waals surface area contributed by atoms with E-state index in [0.717, 1.165) is 54.0 Å². The molecule has 1 aliphatic carbocycles. The Kier molecular flexibility index (Phi) is 8.53. The van der Waals surface area contributed by atoms with Crippen molar-refractivity contribution in [1.29, 1.82) is 0 Å². The monoisotopic (exact) mass is 623 g/mol. The van der Waals surface area contributed by atoms with E-state index in [4.69, 9.17) is 9.72 Å². The maximum Gasteiger partial charge on any atom is 0.255 e. The fourth-order valence-corrected chi connectivity index (χ4v) is 9.25. The summed E-state index contributed by atoms with van der Waals surface area (Å²) in [4.78, 5) is 26.2. The van der Waals surface area contributed by atoms with Crippen molar-refractivity contribution >= 4 is 17.2 Å². The lowest BCUT2D eigenvalue weighted by Crippen LogP contribution is -2.53. The minimum atomic E-state index is 0.158. The summed E-state index contributed by atoms with van der Waals surface area (Å²) in [6.07, 6.45) is 9.97. The zero-order valence-corrected chi connectivity index (χ0v) is 27.9. The van der Waals surface area contributed by atoms with Crippen molar-refractivity contribution in [1.82, 2.24) is 24.6 Å². The average Bonchev–Trinajstić information content (AvgIpc) is 3.67. The highest BCUT2D eigenvalue weighted by Gasteiger charge is 2.38. The average molecular weight is 624 g/mol. The van der Waals surface area contributed by atoms with Gasteiger partial charge in [-0.1, -0.05) is 37.3 Å². The fraction of sp³-hybridized carbons (Fsp3) is 0.486. The van der Waals surface area contributed by atoms with E-state index < -0.39 is 0 Å². The number of aromatic nitrogens is 3. The number of thiophene rings is 1. The molecule has 1 saturated carbocycles. The van der Waals surface area contributed by atoms with Crippen LogP contribution < -0.4 is 4.74 Å². The summed E-state index contributed by atoms with van der Waals surface area (Å²) >= 11 is 1.91. The zero-order chi connectivity index (χ0) is 31.1. The number of likely N-dealkylation sites (tertiary alicyclic amines) is 1. The molecule has 0 N–H and O–H groups in total. The number of ether oxygens (including phenoxy) is 1. The SMILES string of the molecule is Cc1cc(C)c(CN2CCc3sc([C@H](C)[C@H]4CC[C@H](N5CC(n6cccn6)C5)CC4)c(C)c3C2=O)c(OCc2ccccc2)n1. The Balaban J connectivity index is 1.00. The predicted octanol–water partition coefficient (Wildman–Crippen LogP) is 7.26. The lowest BCUT2D eigenvalue weighted by Gasteiger charge is -2.47. The van der Waals surface area contributed by atoms with Crippen LogP contribution in [0.25, 0.3) is 0 Å². The molecule has 45 heavy (non-hydrogen) atoms. The van der Waals surface area contributed by atoms with Gasteiger partial charge in [0.1, 0.15) is 6.61 Å². The largest absolute Gasteiger partial charge is 0.473 e. The Morgan fingerprint density at radius 1 is 1.02 bits per heavy atom. The molecule has 0 spiro atoms. The Bertz CT molecular complexity index is 1630. The van der Waals surface area contributed by atoms with Crippen LogP contribution in [-0.4, -0.2) is 56.1 Å². The minimum Gasteiger partial charge on any atom is -0.473 e. The number of rotatable bonds is 9. The molecule has 3 aliphatic rings. The van der Waals surface area contributed by atoms with Crippen molar-refractivity contribution in [2.24, 2.45) is 5.92 Å². The smallest absolute Gasteiger partial charge is 0.255 e. The maximum atomic E-state index is 14.1. The molecular weight excluding hydrogens is 579 g/mol. The van der Waals surface area contributed by atoms with Crippen LogP contribution in [0.1, 0.15) is 92.6 Å². The highest BCUT2D eigenvalue weighted by Crippen LogP contribution is 2.45. The van der Waals surface area contributed by atoms with Crippen molar-refractivity contribution in [2.75, 3.05) is 19.6 Å². The molecule has 1 amide bonds. The van der Waals surface area contributed by atoms with Crippen molar-refractivity contribution < 1.29 is 9.53 Å². The Hall–Kier alpha value is -3.49. The van der Waals surface area contributed by atoms with Crippen LogP contribution in [0.2, 0.25) is 0 Å². The second-order valence-electron chi connectivity index (χ2n) is 13.5. The number of hydrogen-bond donors (Lipinski definition) is 0. The van der Waals surface area contributed by atoms with Crippen molar-refractivity contribution in [2.45, 2.75) is 91.0 Å². The lowest BCUT2D eigenvalue weighted by atomic mass is 9.76. The summed E-state index contributed by atoms with van der Waals surface area (Å²) in [5, 5.41) is 4.44. The first-order valence-corrected chi connectivity index (χ1v) is 17.5. The van der Waals surface area contributed by atoms with Gasteiger partial charge in [0.15, 0.2) is 0 Å². The van der Waals surface area contributed by atoms with E-state index in [2.05, 4.69) is 59.8 Å². The first kappa shape index (κ1) is 30.2. The van der Waals surface area contributed by atoms with Crippen LogP contribution in [0.4, 0.5) is 0 Å². The van der Waals surface area contributed by atoms with E-state index in [-0.39, 0.29) is 5.91 Å². The van der Waals surface area contributed by atoms with Gasteiger partial charge in [0.25, 0.3) is 5.91 Å². The summed E-state index contributed by atoms with van der Waals surface area (Å²) in [5.74, 6) is 1.96. The van der Waals surface area contributed by atoms with Crippen LogP contribution in [-0.2, 0) is 19.6 Å². The molecule has 0 unspecified atom stereocenters. The molecule has 7 nitrogen and oxygen atoms in total. The Morgan fingerprint density at radius 3 is 2.53 bits per heavy atom. The normalized spacial score (nSPS) is 21.4. The van der Waals surface area contributed by atoms with Gasteiger partial charge in [-0.2, -0.15) is 5.10 Å². The summed E-state index contributed by atoms with van der Waals surface area (Å²) in [5.41, 5.74) is 6.32. The van der Waals surface area contributed by atoms with Gasteiger partial charge in [-0.15, -0.1) is 11.3 Å². The minimum absolute atomic E-state index is 0.158. The van der Waals surface area contributed by atoms with Gasteiger partial charge in [-0.3, -0.25) is 14.4 Å². The summed E-state index contributed by atoms with van der Waals surface area (Å²) in [6, 6.07) is 15.5. The zero-order valence-electron chi connectivity index (χ0n) is 27.0. The number of carbonyl (C=O) groups excluding carboxylic acids is 1. The fourth-order valence-electron chi connectivity index (χ4n) is 7.82. The molecule has 1 saturated heterocycles. The van der Waals surface area contributed by atoms with Crippen LogP contribution in [0.3, 0.4) is 0 Å². The van der Waals surface area contributed by atoms with Gasteiger partial charge in [-0.25, -0.2) is 4.98 Å². The number of pyridine rings is 1. The van der Waals surface area contributed by atoms with Gasteiger partial charge in [0.2, 0.25) is 5.88 Å². The van der Waals surface area contributed by atoms with E-state index in [1.54, 1.807) is 0 Å². The topological polar surface area (TPSA) is 63.5 Å². The molecule has 7 rings (SSSR count). The highest BCUT2D eigenvalue weighted by molar-refractivity contribution is 7.12. The standard InChI is InChI=1S/C37H45N5O2S/c1-24-19-25(2)39-36(44-23-28-9-6-5-7-10-28)32(24)22-40-18-15-33-34(37(40)43)27(4)35(45-33)26(3)29-11-13-30(14-12-29)41-20-31(21-41)42-17-8-16-38-42/h5-10,16-17,19,26,29-31H,11-15,18,20-23H2,1-4H3/t26-,29-,30-/m1/s1. The maximum absolute atomic E-state index is 14.1.